The third-order valence-electron chi connectivity index (χ3n) is 6.70. The van der Waals surface area contributed by atoms with Crippen molar-refractivity contribution in [1.82, 2.24) is 24.8 Å². The van der Waals surface area contributed by atoms with Gasteiger partial charge in [-0.3, -0.25) is 4.79 Å². The number of urea groups is 1. The minimum absolute atomic E-state index is 0.0171. The number of rotatable bonds is 4. The molecule has 2 aromatic rings. The molecule has 3 aliphatic heterocycles. The zero-order valence-corrected chi connectivity index (χ0v) is 20.8. The molecule has 5 rings (SSSR count). The first kappa shape index (κ1) is 24.9. The van der Waals surface area contributed by atoms with Gasteiger partial charge in [0.25, 0.3) is 5.91 Å². The number of methoxy groups -OCH3 is 1. The maximum absolute atomic E-state index is 14.0. The Kier molecular flexibility index (Phi) is 6.90. The van der Waals surface area contributed by atoms with Gasteiger partial charge in [-0.15, -0.1) is 0 Å². The molecule has 11 nitrogen and oxygen atoms in total. The summed E-state index contributed by atoms with van der Waals surface area (Å²) in [5, 5.41) is 14.9. The molecule has 192 valence electrons. The minimum atomic E-state index is -0.532. The second-order valence-electron chi connectivity index (χ2n) is 8.97. The maximum atomic E-state index is 14.0. The van der Waals surface area contributed by atoms with Crippen LogP contribution >= 0.6 is 11.6 Å². The van der Waals surface area contributed by atoms with E-state index in [0.717, 1.165) is 6.07 Å². The van der Waals surface area contributed by atoms with Crippen LogP contribution in [0.5, 0.6) is 0 Å². The van der Waals surface area contributed by atoms with Crippen molar-refractivity contribution in [2.24, 2.45) is 5.10 Å². The molecule has 0 N–H and O–H groups in total. The van der Waals surface area contributed by atoms with Gasteiger partial charge in [-0.1, -0.05) is 11.6 Å². The van der Waals surface area contributed by atoms with E-state index in [1.807, 2.05) is 11.0 Å². The number of hydrogen-bond acceptors (Lipinski definition) is 8. The van der Waals surface area contributed by atoms with Gasteiger partial charge in [0.05, 0.1) is 35.0 Å². The molecule has 4 heterocycles. The fourth-order valence-corrected chi connectivity index (χ4v) is 4.72. The zero-order chi connectivity index (χ0) is 26.1. The minimum Gasteiger partial charge on any atom is -0.378 e. The third-order valence-corrected chi connectivity index (χ3v) is 6.97. The number of anilines is 1. The molecule has 1 atom stereocenters. The predicted octanol–water partition coefficient (Wildman–Crippen LogP) is 2.29. The number of nitrogens with zero attached hydrogens (tertiary/aromatic N) is 8. The van der Waals surface area contributed by atoms with Gasteiger partial charge in [0.2, 0.25) is 5.95 Å². The SMILES string of the molecule is COC1CN(C(=O)c2nc(N3CCN(C(=O)N4N=CCC4c4cc(F)cc(C#N)c4)CC3)ncc2Cl)C1. The van der Waals surface area contributed by atoms with Crippen LogP contribution in [0.25, 0.3) is 0 Å². The summed E-state index contributed by atoms with van der Waals surface area (Å²) < 4.78 is 19.2. The van der Waals surface area contributed by atoms with Crippen molar-refractivity contribution >= 4 is 35.7 Å². The first-order valence-corrected chi connectivity index (χ1v) is 12.2. The summed E-state index contributed by atoms with van der Waals surface area (Å²) >= 11 is 6.22. The Hall–Kier alpha value is -3.82. The van der Waals surface area contributed by atoms with Crippen LogP contribution in [0.15, 0.2) is 29.5 Å². The summed E-state index contributed by atoms with van der Waals surface area (Å²) in [5.74, 6) is -0.439. The lowest BCUT2D eigenvalue weighted by Crippen LogP contribution is -2.54. The number of nitriles is 1. The lowest BCUT2D eigenvalue weighted by Gasteiger charge is -2.38. The van der Waals surface area contributed by atoms with Crippen molar-refractivity contribution in [1.29, 1.82) is 5.26 Å². The maximum Gasteiger partial charge on any atom is 0.341 e. The van der Waals surface area contributed by atoms with Crippen LogP contribution in [0.3, 0.4) is 0 Å². The van der Waals surface area contributed by atoms with Crippen molar-refractivity contribution in [3.8, 4) is 6.07 Å². The topological polar surface area (TPSA) is 118 Å². The molecule has 0 saturated carbocycles. The van der Waals surface area contributed by atoms with Crippen LogP contribution < -0.4 is 4.90 Å². The van der Waals surface area contributed by atoms with Gasteiger partial charge in [-0.2, -0.15) is 10.4 Å². The highest BCUT2D eigenvalue weighted by Crippen LogP contribution is 2.31. The molecule has 0 spiro atoms. The van der Waals surface area contributed by atoms with E-state index in [1.54, 1.807) is 29.2 Å². The normalized spacial score (nSPS) is 19.7. The van der Waals surface area contributed by atoms with Crippen molar-refractivity contribution < 1.29 is 18.7 Å². The number of hydrazone groups is 1. The van der Waals surface area contributed by atoms with Crippen molar-refractivity contribution in [3.05, 3.63) is 52.1 Å². The van der Waals surface area contributed by atoms with Crippen LogP contribution in [0, 0.1) is 17.1 Å². The molecule has 0 bridgehead atoms. The zero-order valence-electron chi connectivity index (χ0n) is 20.0. The average Bonchev–Trinajstić information content (AvgIpc) is 3.38. The van der Waals surface area contributed by atoms with Gasteiger partial charge in [0, 0.05) is 59.0 Å². The number of piperazine rings is 1. The monoisotopic (exact) mass is 526 g/mol. The summed E-state index contributed by atoms with van der Waals surface area (Å²) in [4.78, 5) is 40.0. The Balaban J connectivity index is 1.23. The number of aromatic nitrogens is 2. The fraction of sp³-hybridized carbons (Fsp3) is 0.417. The van der Waals surface area contributed by atoms with Crippen LogP contribution in [0.1, 0.15) is 34.1 Å². The van der Waals surface area contributed by atoms with E-state index in [4.69, 9.17) is 21.6 Å². The standard InChI is InChI=1S/C24H24ClFN8O3/c1-37-18-13-33(14-18)22(35)21-19(25)12-28-23(30-21)31-4-6-32(7-5-31)24(36)34-20(2-3-29-34)16-8-15(11-27)9-17(26)10-16/h3,8-10,12,18,20H,2,4-7,13-14H2,1H3. The van der Waals surface area contributed by atoms with E-state index >= 15 is 0 Å². The van der Waals surface area contributed by atoms with Crippen molar-refractivity contribution in [3.63, 3.8) is 0 Å². The molecule has 0 radical (unpaired) electrons. The van der Waals surface area contributed by atoms with Crippen molar-refractivity contribution in [2.75, 3.05) is 51.3 Å². The average molecular weight is 527 g/mol. The number of halogens is 2. The number of ether oxygens (including phenoxy) is 1. The lowest BCUT2D eigenvalue weighted by atomic mass is 10.0. The van der Waals surface area contributed by atoms with E-state index in [1.165, 1.54) is 17.3 Å². The summed E-state index contributed by atoms with van der Waals surface area (Å²) in [6.45, 7) is 2.61. The first-order chi connectivity index (χ1) is 17.9. The van der Waals surface area contributed by atoms with Gasteiger partial charge in [-0.25, -0.2) is 24.2 Å². The molecule has 1 unspecified atom stereocenters. The van der Waals surface area contributed by atoms with Crippen LogP contribution in [-0.4, -0.2) is 95.4 Å². The number of benzene rings is 1. The molecular weight excluding hydrogens is 503 g/mol. The Morgan fingerprint density at radius 3 is 2.62 bits per heavy atom. The number of likely N-dealkylation sites (tertiary alicyclic amines) is 1. The Labute approximate surface area is 217 Å². The molecule has 13 heteroatoms. The highest BCUT2D eigenvalue weighted by atomic mass is 35.5. The molecule has 0 aliphatic carbocycles. The van der Waals surface area contributed by atoms with E-state index in [-0.39, 0.29) is 34.3 Å². The second kappa shape index (κ2) is 10.3. The molecule has 1 aromatic heterocycles. The number of carbonyl (C=O) groups excluding carboxylic acids is 2. The van der Waals surface area contributed by atoms with Gasteiger partial charge in [-0.05, 0) is 23.8 Å². The molecular formula is C24H24ClFN8O3. The van der Waals surface area contributed by atoms with E-state index in [0.29, 0.717) is 57.2 Å². The smallest absolute Gasteiger partial charge is 0.341 e. The van der Waals surface area contributed by atoms with E-state index in [9.17, 15) is 14.0 Å². The number of amides is 3. The van der Waals surface area contributed by atoms with Crippen LogP contribution in [0.4, 0.5) is 15.1 Å². The molecule has 1 aromatic carbocycles. The Bertz CT molecular complexity index is 1290. The van der Waals surface area contributed by atoms with Gasteiger partial charge >= 0.3 is 6.03 Å². The van der Waals surface area contributed by atoms with Gasteiger partial charge in [0.1, 0.15) is 5.82 Å². The highest BCUT2D eigenvalue weighted by Gasteiger charge is 2.35. The molecule has 3 amide bonds. The molecule has 37 heavy (non-hydrogen) atoms. The molecule has 3 aliphatic rings. The summed E-state index contributed by atoms with van der Waals surface area (Å²) in [7, 11) is 1.61. The number of hydrogen-bond donors (Lipinski definition) is 0. The third kappa shape index (κ3) is 4.92. The number of carbonyl (C=O) groups is 2. The predicted molar refractivity (Wildman–Crippen MR) is 132 cm³/mol. The van der Waals surface area contributed by atoms with E-state index in [2.05, 4.69) is 15.1 Å². The van der Waals surface area contributed by atoms with Crippen LogP contribution in [0.2, 0.25) is 5.02 Å². The van der Waals surface area contributed by atoms with Gasteiger partial charge < -0.3 is 19.4 Å². The van der Waals surface area contributed by atoms with Crippen LogP contribution in [-0.2, 0) is 4.74 Å². The van der Waals surface area contributed by atoms with Crippen molar-refractivity contribution in [2.45, 2.75) is 18.6 Å². The largest absolute Gasteiger partial charge is 0.378 e. The van der Waals surface area contributed by atoms with Gasteiger partial charge in [0.15, 0.2) is 5.69 Å². The Morgan fingerprint density at radius 1 is 1.16 bits per heavy atom. The summed E-state index contributed by atoms with van der Waals surface area (Å²) in [6, 6.07) is 5.21. The fourth-order valence-electron chi connectivity index (χ4n) is 4.55. The summed E-state index contributed by atoms with van der Waals surface area (Å²) in [5.41, 5.74) is 0.851. The first-order valence-electron chi connectivity index (χ1n) is 11.8. The second-order valence-corrected chi connectivity index (χ2v) is 9.38. The van der Waals surface area contributed by atoms with E-state index < -0.39 is 11.9 Å². The summed E-state index contributed by atoms with van der Waals surface area (Å²) in [6.07, 6.45) is 3.48. The molecule has 2 saturated heterocycles. The quantitative estimate of drug-likeness (QED) is 0.599. The lowest BCUT2D eigenvalue weighted by molar-refractivity contribution is -0.0194. The Morgan fingerprint density at radius 2 is 1.92 bits per heavy atom. The molecule has 2 fully saturated rings. The highest BCUT2D eigenvalue weighted by molar-refractivity contribution is 6.33.